The molecule has 0 radical (unpaired) electrons. The van der Waals surface area contributed by atoms with Crippen LogP contribution >= 0.6 is 0 Å². The molecule has 0 aliphatic rings. The summed E-state index contributed by atoms with van der Waals surface area (Å²) in [5.74, 6) is 0. The minimum absolute atomic E-state index is 1.14. The first-order valence-electron chi connectivity index (χ1n) is 15.1. The lowest BCUT2D eigenvalue weighted by molar-refractivity contribution is 1.16. The summed E-state index contributed by atoms with van der Waals surface area (Å²) < 4.78 is 4.76. The molecule has 3 nitrogen and oxygen atoms in total. The lowest BCUT2D eigenvalue weighted by Gasteiger charge is -2.11. The fourth-order valence-electron chi connectivity index (χ4n) is 7.50. The van der Waals surface area contributed by atoms with Crippen molar-refractivity contribution in [2.45, 2.75) is 0 Å². The van der Waals surface area contributed by atoms with Crippen LogP contribution in [0.1, 0.15) is 0 Å². The Morgan fingerprint density at radius 1 is 0.364 bits per heavy atom. The van der Waals surface area contributed by atoms with Crippen molar-refractivity contribution in [1.29, 1.82) is 0 Å². The molecule has 0 atom stereocenters. The first-order valence-corrected chi connectivity index (χ1v) is 15.1. The van der Waals surface area contributed by atoms with Crippen LogP contribution in [-0.2, 0) is 0 Å². The van der Waals surface area contributed by atoms with Crippen molar-refractivity contribution in [2.75, 3.05) is 0 Å². The summed E-state index contributed by atoms with van der Waals surface area (Å²) in [5, 5.41) is 12.6. The van der Waals surface area contributed by atoms with Gasteiger partial charge < -0.3 is 9.13 Å². The first kappa shape index (κ1) is 23.6. The van der Waals surface area contributed by atoms with Gasteiger partial charge in [0.05, 0.1) is 22.1 Å². The van der Waals surface area contributed by atoms with E-state index in [2.05, 4.69) is 154 Å². The molecule has 0 amide bonds. The molecule has 3 aromatic heterocycles. The molecular weight excluding hydrogens is 534 g/mol. The molecule has 0 spiro atoms. The standard InChI is InChI=1S/C41H25N3/c1-2-9-27(10-3-1)43-38-20-15-28(24-35(38)36-25-42-23-22-39(36)43)44-37-13-7-6-12-34(37)41-33-18-17-30-29-11-5-4-8-26(29)14-16-31(30)32(33)19-21-40(41)44/h1-25H. The predicted molar refractivity (Wildman–Crippen MR) is 185 cm³/mol. The van der Waals surface area contributed by atoms with E-state index in [0.29, 0.717) is 0 Å². The van der Waals surface area contributed by atoms with E-state index in [1.807, 2.05) is 12.4 Å². The van der Waals surface area contributed by atoms with Crippen molar-refractivity contribution in [2.24, 2.45) is 0 Å². The van der Waals surface area contributed by atoms with Gasteiger partial charge in [-0.05, 0) is 80.8 Å². The fourth-order valence-corrected chi connectivity index (χ4v) is 7.50. The van der Waals surface area contributed by atoms with Crippen LogP contribution in [0.25, 0.3) is 87.3 Å². The Hall–Kier alpha value is -5.93. The molecule has 0 aliphatic carbocycles. The third-order valence-electron chi connectivity index (χ3n) is 9.38. The highest BCUT2D eigenvalue weighted by Gasteiger charge is 2.18. The van der Waals surface area contributed by atoms with Crippen molar-refractivity contribution < 1.29 is 0 Å². The molecule has 10 rings (SSSR count). The summed E-state index contributed by atoms with van der Waals surface area (Å²) in [6, 6.07) is 50.8. The van der Waals surface area contributed by atoms with E-state index in [-0.39, 0.29) is 0 Å². The molecular formula is C41H25N3. The highest BCUT2D eigenvalue weighted by Crippen LogP contribution is 2.41. The Bertz CT molecular complexity index is 2770. The van der Waals surface area contributed by atoms with Crippen molar-refractivity contribution in [3.05, 3.63) is 152 Å². The number of benzene rings is 7. The molecule has 3 heteroatoms. The lowest BCUT2D eigenvalue weighted by Crippen LogP contribution is -1.95. The van der Waals surface area contributed by atoms with Crippen molar-refractivity contribution in [3.63, 3.8) is 0 Å². The molecule has 0 N–H and O–H groups in total. The Balaban J connectivity index is 1.29. The van der Waals surface area contributed by atoms with E-state index in [0.717, 1.165) is 22.3 Å². The minimum atomic E-state index is 1.14. The van der Waals surface area contributed by atoms with Gasteiger partial charge in [-0.25, -0.2) is 0 Å². The summed E-state index contributed by atoms with van der Waals surface area (Å²) in [7, 11) is 0. The van der Waals surface area contributed by atoms with E-state index in [4.69, 9.17) is 0 Å². The van der Waals surface area contributed by atoms with Crippen LogP contribution in [0.4, 0.5) is 0 Å². The second-order valence-corrected chi connectivity index (χ2v) is 11.6. The Labute approximate surface area is 252 Å². The summed E-state index contributed by atoms with van der Waals surface area (Å²) in [5.41, 5.74) is 7.04. The van der Waals surface area contributed by atoms with Gasteiger partial charge in [0, 0.05) is 45.3 Å². The quantitative estimate of drug-likeness (QED) is 0.193. The number of nitrogens with zero attached hydrogens (tertiary/aromatic N) is 3. The van der Waals surface area contributed by atoms with Crippen molar-refractivity contribution in [3.8, 4) is 11.4 Å². The molecule has 0 unspecified atom stereocenters. The predicted octanol–water partition coefficient (Wildman–Crippen LogP) is 10.7. The fraction of sp³-hybridized carbons (Fsp3) is 0. The number of hydrogen-bond acceptors (Lipinski definition) is 1. The van der Waals surface area contributed by atoms with E-state index in [9.17, 15) is 0 Å². The van der Waals surface area contributed by atoms with Gasteiger partial charge in [0.25, 0.3) is 0 Å². The minimum Gasteiger partial charge on any atom is -0.309 e. The van der Waals surface area contributed by atoms with Crippen LogP contribution in [0.15, 0.2) is 152 Å². The van der Waals surface area contributed by atoms with E-state index in [1.165, 1.54) is 65.0 Å². The molecule has 3 heterocycles. The van der Waals surface area contributed by atoms with Gasteiger partial charge in [-0.15, -0.1) is 0 Å². The maximum Gasteiger partial charge on any atom is 0.0571 e. The van der Waals surface area contributed by atoms with Crippen LogP contribution in [-0.4, -0.2) is 14.1 Å². The zero-order chi connectivity index (χ0) is 28.8. The normalized spacial score (nSPS) is 12.1. The molecule has 10 aromatic rings. The highest BCUT2D eigenvalue weighted by atomic mass is 15.0. The summed E-state index contributed by atoms with van der Waals surface area (Å²) >= 11 is 0. The van der Waals surface area contributed by atoms with Crippen molar-refractivity contribution in [1.82, 2.24) is 14.1 Å². The molecule has 0 fully saturated rings. The van der Waals surface area contributed by atoms with Gasteiger partial charge in [0.15, 0.2) is 0 Å². The smallest absolute Gasteiger partial charge is 0.0571 e. The molecule has 0 bridgehead atoms. The van der Waals surface area contributed by atoms with Gasteiger partial charge in [0.2, 0.25) is 0 Å². The van der Waals surface area contributed by atoms with E-state index in [1.54, 1.807) is 0 Å². The summed E-state index contributed by atoms with van der Waals surface area (Å²) in [6.45, 7) is 0. The van der Waals surface area contributed by atoms with Gasteiger partial charge in [-0.2, -0.15) is 0 Å². The Morgan fingerprint density at radius 3 is 1.93 bits per heavy atom. The van der Waals surface area contributed by atoms with Crippen LogP contribution in [0.5, 0.6) is 0 Å². The molecule has 204 valence electrons. The molecule has 44 heavy (non-hydrogen) atoms. The second-order valence-electron chi connectivity index (χ2n) is 11.6. The number of rotatable bonds is 2. The van der Waals surface area contributed by atoms with Crippen LogP contribution < -0.4 is 0 Å². The average Bonchev–Trinajstić information content (AvgIpc) is 3.61. The molecule has 0 aliphatic heterocycles. The van der Waals surface area contributed by atoms with Crippen LogP contribution in [0.3, 0.4) is 0 Å². The number of pyridine rings is 1. The number of hydrogen-bond donors (Lipinski definition) is 0. The SMILES string of the molecule is c1ccc(-n2c3ccncc3c3cc(-n4c5ccccc5c5c6ccc7c8ccccc8ccc7c6ccc54)ccc32)cc1. The largest absolute Gasteiger partial charge is 0.309 e. The maximum atomic E-state index is 4.52. The highest BCUT2D eigenvalue weighted by molar-refractivity contribution is 6.27. The van der Waals surface area contributed by atoms with E-state index < -0.39 is 0 Å². The molecule has 0 saturated carbocycles. The average molecular weight is 560 g/mol. The first-order chi connectivity index (χ1) is 21.8. The van der Waals surface area contributed by atoms with Gasteiger partial charge in [0.1, 0.15) is 0 Å². The Morgan fingerprint density at radius 2 is 1.00 bits per heavy atom. The molecule has 0 saturated heterocycles. The lowest BCUT2D eigenvalue weighted by atomic mass is 9.95. The number of para-hydroxylation sites is 2. The third-order valence-corrected chi connectivity index (χ3v) is 9.38. The zero-order valence-electron chi connectivity index (χ0n) is 23.8. The van der Waals surface area contributed by atoms with Gasteiger partial charge >= 0.3 is 0 Å². The third kappa shape index (κ3) is 3.13. The van der Waals surface area contributed by atoms with Crippen LogP contribution in [0, 0.1) is 0 Å². The van der Waals surface area contributed by atoms with E-state index >= 15 is 0 Å². The van der Waals surface area contributed by atoms with Crippen molar-refractivity contribution >= 4 is 75.9 Å². The van der Waals surface area contributed by atoms with Gasteiger partial charge in [-0.1, -0.05) is 91.0 Å². The second kappa shape index (κ2) is 8.79. The maximum absolute atomic E-state index is 4.52. The topological polar surface area (TPSA) is 22.8 Å². The number of fused-ring (bicyclic) bond motifs is 12. The zero-order valence-corrected chi connectivity index (χ0v) is 23.8. The monoisotopic (exact) mass is 559 g/mol. The number of aromatic nitrogens is 3. The molecule has 7 aromatic carbocycles. The summed E-state index contributed by atoms with van der Waals surface area (Å²) in [6.07, 6.45) is 3.88. The van der Waals surface area contributed by atoms with Crippen LogP contribution in [0.2, 0.25) is 0 Å². The Kier molecular flexibility index (Phi) is 4.72. The van der Waals surface area contributed by atoms with Gasteiger partial charge in [-0.3, -0.25) is 4.98 Å². The summed E-state index contributed by atoms with van der Waals surface area (Å²) in [4.78, 5) is 4.52.